The average molecular weight is 437 g/mol. The SMILES string of the molecule is CN1[C@H](C(=O)NCC2CCCCC2)[C@@H](CO)[C@@H]2Cn3c(ccc(-c4cccnc4)c3=O)[C@@H]21. The van der Waals surface area contributed by atoms with Crippen LogP contribution in [0.3, 0.4) is 0 Å². The topological polar surface area (TPSA) is 87.5 Å². The van der Waals surface area contributed by atoms with E-state index >= 15 is 0 Å². The van der Waals surface area contributed by atoms with Gasteiger partial charge in [0.15, 0.2) is 0 Å². The number of fused-ring (bicyclic) bond motifs is 3. The minimum atomic E-state index is -0.375. The highest BCUT2D eigenvalue weighted by atomic mass is 16.3. The number of aromatic nitrogens is 2. The van der Waals surface area contributed by atoms with Gasteiger partial charge in [-0.15, -0.1) is 0 Å². The molecule has 2 aromatic heterocycles. The van der Waals surface area contributed by atoms with Gasteiger partial charge >= 0.3 is 0 Å². The van der Waals surface area contributed by atoms with Gasteiger partial charge in [-0.25, -0.2) is 0 Å². The molecule has 2 fully saturated rings. The number of aliphatic hydroxyl groups is 1. The summed E-state index contributed by atoms with van der Waals surface area (Å²) in [5.74, 6) is 0.411. The molecular formula is C25H32N4O3. The van der Waals surface area contributed by atoms with Crippen LogP contribution in [0.15, 0.2) is 41.5 Å². The molecule has 2 N–H and O–H groups in total. The zero-order valence-electron chi connectivity index (χ0n) is 18.6. The summed E-state index contributed by atoms with van der Waals surface area (Å²) in [6.07, 6.45) is 9.57. The van der Waals surface area contributed by atoms with Gasteiger partial charge in [-0.05, 0) is 44.0 Å². The normalized spacial score (nSPS) is 27.8. The van der Waals surface area contributed by atoms with Crippen molar-refractivity contribution >= 4 is 5.91 Å². The zero-order valence-corrected chi connectivity index (χ0v) is 18.6. The van der Waals surface area contributed by atoms with Crippen molar-refractivity contribution < 1.29 is 9.90 Å². The summed E-state index contributed by atoms with van der Waals surface area (Å²) in [5.41, 5.74) is 2.33. The third-order valence-corrected chi connectivity index (χ3v) is 7.88. The summed E-state index contributed by atoms with van der Waals surface area (Å²) >= 11 is 0. The molecule has 2 aliphatic heterocycles. The highest BCUT2D eigenvalue weighted by Crippen LogP contribution is 2.48. The Balaban J connectivity index is 1.38. The van der Waals surface area contributed by atoms with E-state index in [4.69, 9.17) is 0 Å². The van der Waals surface area contributed by atoms with E-state index in [1.165, 1.54) is 32.1 Å². The number of hydrogen-bond acceptors (Lipinski definition) is 5. The van der Waals surface area contributed by atoms with E-state index in [0.717, 1.165) is 17.8 Å². The number of nitrogens with one attached hydrogen (secondary N) is 1. The number of nitrogens with zero attached hydrogens (tertiary/aromatic N) is 3. The van der Waals surface area contributed by atoms with Gasteiger partial charge in [0.25, 0.3) is 5.56 Å². The van der Waals surface area contributed by atoms with Crippen LogP contribution in [0.2, 0.25) is 0 Å². The number of rotatable bonds is 5. The Morgan fingerprint density at radius 1 is 1.22 bits per heavy atom. The Morgan fingerprint density at radius 2 is 2.03 bits per heavy atom. The van der Waals surface area contributed by atoms with Crippen molar-refractivity contribution in [2.45, 2.75) is 50.7 Å². The second-order valence-electron chi connectivity index (χ2n) is 9.64. The Kier molecular flexibility index (Phi) is 5.86. The first kappa shape index (κ1) is 21.3. The second-order valence-corrected chi connectivity index (χ2v) is 9.64. The summed E-state index contributed by atoms with van der Waals surface area (Å²) < 4.78 is 1.83. The molecule has 1 saturated heterocycles. The number of likely N-dealkylation sites (N-methyl/N-ethyl adjacent to an activating group) is 1. The summed E-state index contributed by atoms with van der Waals surface area (Å²) in [6.45, 7) is 1.18. The maximum atomic E-state index is 13.3. The van der Waals surface area contributed by atoms with Crippen molar-refractivity contribution in [3.63, 3.8) is 0 Å². The van der Waals surface area contributed by atoms with Gasteiger partial charge in [0.1, 0.15) is 0 Å². The molecule has 0 bridgehead atoms. The van der Waals surface area contributed by atoms with Crippen LogP contribution < -0.4 is 10.9 Å². The monoisotopic (exact) mass is 436 g/mol. The van der Waals surface area contributed by atoms with Crippen molar-refractivity contribution in [3.05, 3.63) is 52.7 Å². The van der Waals surface area contributed by atoms with E-state index in [9.17, 15) is 14.7 Å². The van der Waals surface area contributed by atoms with Crippen molar-refractivity contribution in [2.24, 2.45) is 17.8 Å². The lowest BCUT2D eigenvalue weighted by Gasteiger charge is -2.28. The number of hydrogen-bond donors (Lipinski definition) is 2. The molecule has 1 aliphatic carbocycles. The first-order chi connectivity index (χ1) is 15.6. The van der Waals surface area contributed by atoms with Gasteiger partial charge in [-0.2, -0.15) is 0 Å². The fourth-order valence-corrected chi connectivity index (χ4v) is 6.26. The van der Waals surface area contributed by atoms with E-state index in [2.05, 4.69) is 15.2 Å². The molecule has 0 spiro atoms. The molecule has 7 nitrogen and oxygen atoms in total. The number of likely N-dealkylation sites (tertiary alicyclic amines) is 1. The maximum Gasteiger partial charge on any atom is 0.258 e. The molecule has 1 amide bonds. The lowest BCUT2D eigenvalue weighted by molar-refractivity contribution is -0.127. The molecule has 7 heteroatoms. The highest BCUT2D eigenvalue weighted by molar-refractivity contribution is 5.82. The molecule has 170 valence electrons. The van der Waals surface area contributed by atoms with Gasteiger partial charge in [-0.1, -0.05) is 25.3 Å². The molecule has 4 heterocycles. The average Bonchev–Trinajstić information content (AvgIpc) is 3.34. The Labute approximate surface area is 188 Å². The van der Waals surface area contributed by atoms with Crippen molar-refractivity contribution in [1.29, 1.82) is 0 Å². The van der Waals surface area contributed by atoms with Crippen molar-refractivity contribution in [1.82, 2.24) is 19.8 Å². The smallest absolute Gasteiger partial charge is 0.258 e. The quantitative estimate of drug-likeness (QED) is 0.750. The van der Waals surface area contributed by atoms with E-state index in [0.29, 0.717) is 18.0 Å². The standard InChI is InChI=1S/C25H32N4O3/c1-28-22-19(20(15-30)23(28)24(31)27-12-16-6-3-2-4-7-16)14-29-21(22)10-9-18(25(29)32)17-8-5-11-26-13-17/h5,8-11,13,16,19-20,22-23,30H,2-4,6-7,12,14-15H2,1H3,(H,27,31)/t19-,20-,22+,23-/m0/s1. The van der Waals surface area contributed by atoms with E-state index in [1.54, 1.807) is 12.4 Å². The zero-order chi connectivity index (χ0) is 22.2. The predicted molar refractivity (Wildman–Crippen MR) is 122 cm³/mol. The van der Waals surface area contributed by atoms with E-state index in [1.807, 2.05) is 35.9 Å². The van der Waals surface area contributed by atoms with Crippen LogP contribution in [0, 0.1) is 17.8 Å². The van der Waals surface area contributed by atoms with Crippen LogP contribution in [-0.2, 0) is 11.3 Å². The van der Waals surface area contributed by atoms with E-state index in [-0.39, 0.29) is 42.0 Å². The van der Waals surface area contributed by atoms with Gasteiger partial charge in [-0.3, -0.25) is 19.5 Å². The van der Waals surface area contributed by atoms with Gasteiger partial charge in [0, 0.05) is 60.7 Å². The van der Waals surface area contributed by atoms with Crippen LogP contribution >= 0.6 is 0 Å². The van der Waals surface area contributed by atoms with Crippen LogP contribution in [0.1, 0.15) is 43.8 Å². The third kappa shape index (κ3) is 3.57. The van der Waals surface area contributed by atoms with E-state index < -0.39 is 0 Å². The minimum Gasteiger partial charge on any atom is -0.396 e. The van der Waals surface area contributed by atoms with Crippen LogP contribution in [0.5, 0.6) is 0 Å². The molecule has 1 saturated carbocycles. The highest BCUT2D eigenvalue weighted by Gasteiger charge is 2.54. The first-order valence-corrected chi connectivity index (χ1v) is 11.8. The fourth-order valence-electron chi connectivity index (χ4n) is 6.26. The lowest BCUT2D eigenvalue weighted by atomic mass is 9.87. The summed E-state index contributed by atoms with van der Waals surface area (Å²) in [4.78, 5) is 32.6. The molecular weight excluding hydrogens is 404 g/mol. The van der Waals surface area contributed by atoms with Crippen molar-refractivity contribution in [2.75, 3.05) is 20.2 Å². The molecule has 0 radical (unpaired) electrons. The summed E-state index contributed by atoms with van der Waals surface area (Å²) in [5, 5.41) is 13.4. The third-order valence-electron chi connectivity index (χ3n) is 7.88. The summed E-state index contributed by atoms with van der Waals surface area (Å²) in [6, 6.07) is 7.16. The molecule has 32 heavy (non-hydrogen) atoms. The van der Waals surface area contributed by atoms with Crippen molar-refractivity contribution in [3.8, 4) is 11.1 Å². The van der Waals surface area contributed by atoms with Gasteiger partial charge < -0.3 is 15.0 Å². The van der Waals surface area contributed by atoms with Crippen LogP contribution in [0.4, 0.5) is 0 Å². The Bertz CT molecular complexity index is 1030. The second kappa shape index (κ2) is 8.79. The minimum absolute atomic E-state index is 0.00685. The Hall–Kier alpha value is -2.51. The molecule has 0 unspecified atom stereocenters. The van der Waals surface area contributed by atoms with Crippen LogP contribution in [-0.4, -0.2) is 51.7 Å². The largest absolute Gasteiger partial charge is 0.396 e. The number of pyridine rings is 2. The predicted octanol–water partition coefficient (Wildman–Crippen LogP) is 2.20. The van der Waals surface area contributed by atoms with Gasteiger partial charge in [0.2, 0.25) is 5.91 Å². The summed E-state index contributed by atoms with van der Waals surface area (Å²) in [7, 11) is 1.95. The molecule has 4 atom stereocenters. The fraction of sp³-hybridized carbons (Fsp3) is 0.560. The number of aliphatic hydroxyl groups excluding tert-OH is 1. The molecule has 3 aliphatic rings. The molecule has 5 rings (SSSR count). The van der Waals surface area contributed by atoms with Gasteiger partial charge in [0.05, 0.1) is 12.1 Å². The van der Waals surface area contributed by atoms with Crippen LogP contribution in [0.25, 0.3) is 11.1 Å². The lowest BCUT2D eigenvalue weighted by Crippen LogP contribution is -2.48. The maximum absolute atomic E-state index is 13.3. The Morgan fingerprint density at radius 3 is 2.75 bits per heavy atom. The molecule has 0 aromatic carbocycles. The number of carbonyl (C=O) groups excluding carboxylic acids is 1. The molecule has 2 aromatic rings. The number of amides is 1. The first-order valence-electron chi connectivity index (χ1n) is 11.8. The number of carbonyl (C=O) groups is 1.